The molecule has 0 spiro atoms. The fourth-order valence-electron chi connectivity index (χ4n) is 2.53. The highest BCUT2D eigenvalue weighted by Crippen LogP contribution is 2.23. The molecule has 0 aliphatic carbocycles. The third-order valence-corrected chi connectivity index (χ3v) is 3.70. The Labute approximate surface area is 141 Å². The number of Topliss-reactive ketones (excluding diaryl/α,β-unsaturated/α-hetero) is 1. The molecule has 1 saturated heterocycles. The first-order valence-corrected chi connectivity index (χ1v) is 8.11. The first kappa shape index (κ1) is 18.4. The number of hydrogen-bond acceptors (Lipinski definition) is 5. The quantitative estimate of drug-likeness (QED) is 0.698. The number of hydrogen-bond donors (Lipinski definition) is 1. The molecule has 1 fully saturated rings. The van der Waals surface area contributed by atoms with Crippen LogP contribution in [-0.4, -0.2) is 42.0 Å². The topological polar surface area (TPSA) is 82.1 Å². The van der Waals surface area contributed by atoms with Crippen molar-refractivity contribution in [3.8, 4) is 5.75 Å². The molecular weight excluding hydrogens is 312 g/mol. The van der Waals surface area contributed by atoms with Gasteiger partial charge >= 0.3 is 5.97 Å². The molecule has 6 nitrogen and oxygen atoms in total. The maximum absolute atomic E-state index is 11.3. The highest BCUT2D eigenvalue weighted by molar-refractivity contribution is 5.94. The average molecular weight is 336 g/mol. The van der Waals surface area contributed by atoms with Crippen LogP contribution >= 0.6 is 0 Å². The third-order valence-electron chi connectivity index (χ3n) is 3.70. The predicted molar refractivity (Wildman–Crippen MR) is 87.0 cm³/mol. The molecule has 6 heteroatoms. The molecule has 0 aromatic heterocycles. The minimum atomic E-state index is -1.07. The van der Waals surface area contributed by atoms with Gasteiger partial charge in [0.15, 0.2) is 5.79 Å². The molecule has 24 heavy (non-hydrogen) atoms. The van der Waals surface area contributed by atoms with Crippen LogP contribution in [0.4, 0.5) is 0 Å². The lowest BCUT2D eigenvalue weighted by Crippen LogP contribution is -2.25. The molecule has 0 radical (unpaired) electrons. The first-order chi connectivity index (χ1) is 11.3. The zero-order chi connectivity index (χ0) is 17.6. The van der Waals surface area contributed by atoms with E-state index in [1.54, 1.807) is 0 Å². The van der Waals surface area contributed by atoms with E-state index in [0.717, 1.165) is 17.7 Å². The molecule has 1 aromatic rings. The van der Waals surface area contributed by atoms with Gasteiger partial charge in [0.05, 0.1) is 6.61 Å². The van der Waals surface area contributed by atoms with Crippen molar-refractivity contribution in [3.05, 3.63) is 29.8 Å². The van der Waals surface area contributed by atoms with E-state index < -0.39 is 18.2 Å². The number of ketones is 1. The van der Waals surface area contributed by atoms with Crippen molar-refractivity contribution in [2.45, 2.75) is 51.4 Å². The maximum atomic E-state index is 11.3. The molecule has 1 atom stereocenters. The second kappa shape index (κ2) is 8.26. The minimum Gasteiger partial charge on any atom is -0.491 e. The summed E-state index contributed by atoms with van der Waals surface area (Å²) in [5, 5.41) is 8.54. The summed E-state index contributed by atoms with van der Waals surface area (Å²) in [6.45, 7) is 4.72. The SMILES string of the molecule is CC1(C)OCC(COc2ccc(CCCC(=O)CC(=O)O)cc2)O1. The number of carbonyl (C=O) groups is 2. The van der Waals surface area contributed by atoms with Crippen molar-refractivity contribution in [1.29, 1.82) is 0 Å². The monoisotopic (exact) mass is 336 g/mol. The number of aryl methyl sites for hydroxylation is 1. The van der Waals surface area contributed by atoms with Crippen LogP contribution in [0, 0.1) is 0 Å². The number of aliphatic carboxylic acids is 1. The summed E-state index contributed by atoms with van der Waals surface area (Å²) in [6, 6.07) is 7.67. The van der Waals surface area contributed by atoms with Crippen LogP contribution in [-0.2, 0) is 25.5 Å². The zero-order valence-electron chi connectivity index (χ0n) is 14.1. The van der Waals surface area contributed by atoms with Crippen LogP contribution in [0.25, 0.3) is 0 Å². The van der Waals surface area contributed by atoms with Gasteiger partial charge in [0.2, 0.25) is 0 Å². The first-order valence-electron chi connectivity index (χ1n) is 8.11. The summed E-state index contributed by atoms with van der Waals surface area (Å²) in [5.74, 6) is -1.09. The Morgan fingerprint density at radius 3 is 2.58 bits per heavy atom. The molecule has 1 unspecified atom stereocenters. The molecule has 132 valence electrons. The van der Waals surface area contributed by atoms with E-state index in [0.29, 0.717) is 26.1 Å². The van der Waals surface area contributed by atoms with Gasteiger partial charge in [-0.2, -0.15) is 0 Å². The molecule has 0 bridgehead atoms. The summed E-state index contributed by atoms with van der Waals surface area (Å²) in [7, 11) is 0. The average Bonchev–Trinajstić information content (AvgIpc) is 2.85. The molecule has 1 aliphatic rings. The largest absolute Gasteiger partial charge is 0.491 e. The molecule has 1 aromatic carbocycles. The van der Waals surface area contributed by atoms with Gasteiger partial charge in [0, 0.05) is 6.42 Å². The van der Waals surface area contributed by atoms with Crippen LogP contribution in [0.5, 0.6) is 5.75 Å². The van der Waals surface area contributed by atoms with Crippen LogP contribution in [0.15, 0.2) is 24.3 Å². The molecular formula is C18H24O6. The Bertz CT molecular complexity index is 563. The lowest BCUT2D eigenvalue weighted by molar-refractivity contribution is -0.141. The highest BCUT2D eigenvalue weighted by atomic mass is 16.7. The van der Waals surface area contributed by atoms with Crippen LogP contribution in [0.3, 0.4) is 0 Å². The molecule has 2 rings (SSSR count). The summed E-state index contributed by atoms with van der Waals surface area (Å²) >= 11 is 0. The Kier molecular flexibility index (Phi) is 6.34. The van der Waals surface area contributed by atoms with Crippen LogP contribution in [0.2, 0.25) is 0 Å². The van der Waals surface area contributed by atoms with Crippen molar-refractivity contribution in [3.63, 3.8) is 0 Å². The molecule has 1 heterocycles. The predicted octanol–water partition coefficient (Wildman–Crippen LogP) is 2.58. The number of carboxylic acid groups (broad SMARTS) is 1. The van der Waals surface area contributed by atoms with Gasteiger partial charge in [0.25, 0.3) is 0 Å². The van der Waals surface area contributed by atoms with Gasteiger partial charge < -0.3 is 19.3 Å². The second-order valence-corrected chi connectivity index (χ2v) is 6.37. The summed E-state index contributed by atoms with van der Waals surface area (Å²) in [5.41, 5.74) is 1.09. The van der Waals surface area contributed by atoms with Crippen molar-refractivity contribution in [2.24, 2.45) is 0 Å². The normalized spacial score (nSPS) is 19.2. The Balaban J connectivity index is 1.69. The van der Waals surface area contributed by atoms with E-state index in [9.17, 15) is 9.59 Å². The van der Waals surface area contributed by atoms with E-state index >= 15 is 0 Å². The second-order valence-electron chi connectivity index (χ2n) is 6.37. The number of benzene rings is 1. The smallest absolute Gasteiger partial charge is 0.310 e. The zero-order valence-corrected chi connectivity index (χ0v) is 14.1. The summed E-state index contributed by atoms with van der Waals surface area (Å²) in [6.07, 6.45) is 1.21. The van der Waals surface area contributed by atoms with Gasteiger partial charge in [-0.3, -0.25) is 9.59 Å². The van der Waals surface area contributed by atoms with Gasteiger partial charge in [0.1, 0.15) is 30.7 Å². The highest BCUT2D eigenvalue weighted by Gasteiger charge is 2.32. The Hall–Kier alpha value is -1.92. The lowest BCUT2D eigenvalue weighted by atomic mass is 10.1. The summed E-state index contributed by atoms with van der Waals surface area (Å²) in [4.78, 5) is 21.8. The van der Waals surface area contributed by atoms with E-state index in [-0.39, 0.29) is 11.9 Å². The van der Waals surface area contributed by atoms with E-state index in [4.69, 9.17) is 19.3 Å². The minimum absolute atomic E-state index is 0.0695. The standard InChI is InChI=1S/C18H24O6/c1-18(2)23-12-16(24-18)11-22-15-8-6-13(7-9-15)4-3-5-14(19)10-17(20)21/h6-9,16H,3-5,10-12H2,1-2H3,(H,20,21). The lowest BCUT2D eigenvalue weighted by Gasteiger charge is -2.17. The molecule has 0 amide bonds. The fraction of sp³-hybridized carbons (Fsp3) is 0.556. The van der Waals surface area contributed by atoms with E-state index in [1.165, 1.54) is 0 Å². The van der Waals surface area contributed by atoms with Crippen molar-refractivity contribution >= 4 is 11.8 Å². The number of ether oxygens (including phenoxy) is 3. The van der Waals surface area contributed by atoms with Gasteiger partial charge in [-0.15, -0.1) is 0 Å². The number of rotatable bonds is 9. The van der Waals surface area contributed by atoms with E-state index in [2.05, 4.69) is 0 Å². The van der Waals surface area contributed by atoms with E-state index in [1.807, 2.05) is 38.1 Å². The summed E-state index contributed by atoms with van der Waals surface area (Å²) < 4.78 is 16.9. The molecule has 0 saturated carbocycles. The number of carbonyl (C=O) groups excluding carboxylic acids is 1. The maximum Gasteiger partial charge on any atom is 0.310 e. The van der Waals surface area contributed by atoms with Crippen molar-refractivity contribution in [1.82, 2.24) is 0 Å². The fourth-order valence-corrected chi connectivity index (χ4v) is 2.53. The van der Waals surface area contributed by atoms with Crippen LogP contribution in [0.1, 0.15) is 38.7 Å². The molecule has 1 N–H and O–H groups in total. The van der Waals surface area contributed by atoms with Gasteiger partial charge in [-0.05, 0) is 44.4 Å². The molecule has 1 aliphatic heterocycles. The Morgan fingerprint density at radius 2 is 2.00 bits per heavy atom. The Morgan fingerprint density at radius 1 is 1.29 bits per heavy atom. The number of carboxylic acids is 1. The van der Waals surface area contributed by atoms with Gasteiger partial charge in [-0.25, -0.2) is 0 Å². The van der Waals surface area contributed by atoms with Crippen molar-refractivity contribution in [2.75, 3.05) is 13.2 Å². The third kappa shape index (κ3) is 6.29. The van der Waals surface area contributed by atoms with Crippen molar-refractivity contribution < 1.29 is 28.9 Å². The van der Waals surface area contributed by atoms with Gasteiger partial charge in [-0.1, -0.05) is 12.1 Å². The van der Waals surface area contributed by atoms with Crippen LogP contribution < -0.4 is 4.74 Å².